The van der Waals surface area contributed by atoms with Crippen LogP contribution in [0.4, 0.5) is 0 Å². The number of amides is 1. The minimum Gasteiger partial charge on any atom is -0.354 e. The molecule has 0 aliphatic carbocycles. The molecule has 6 nitrogen and oxygen atoms in total. The molecule has 0 aromatic heterocycles. The molecule has 0 bridgehead atoms. The van der Waals surface area contributed by atoms with Crippen LogP contribution in [0.3, 0.4) is 0 Å². The van der Waals surface area contributed by atoms with Crippen molar-refractivity contribution in [3.8, 4) is 0 Å². The summed E-state index contributed by atoms with van der Waals surface area (Å²) in [7, 11) is -1.72. The van der Waals surface area contributed by atoms with Gasteiger partial charge in [0.1, 0.15) is 0 Å². The molecule has 0 unspecified atom stereocenters. The highest BCUT2D eigenvalue weighted by atomic mass is 32.2. The van der Waals surface area contributed by atoms with Gasteiger partial charge < -0.3 is 5.32 Å². The van der Waals surface area contributed by atoms with Gasteiger partial charge in [-0.1, -0.05) is 42.5 Å². The van der Waals surface area contributed by atoms with E-state index in [0.29, 0.717) is 12.1 Å². The largest absolute Gasteiger partial charge is 0.354 e. The first kappa shape index (κ1) is 21.1. The fourth-order valence-corrected chi connectivity index (χ4v) is 4.07. The van der Waals surface area contributed by atoms with Crippen LogP contribution in [0.15, 0.2) is 53.4 Å². The summed E-state index contributed by atoms with van der Waals surface area (Å²) >= 11 is 0. The van der Waals surface area contributed by atoms with E-state index in [2.05, 4.69) is 10.0 Å². The SMILES string of the molecule is Cc1ccc(C)c(S(=O)(=O)NCCNC(=O)CN(C)Cc2ccccc2)c1. The van der Waals surface area contributed by atoms with Crippen molar-refractivity contribution in [3.63, 3.8) is 0 Å². The van der Waals surface area contributed by atoms with Crippen LogP contribution < -0.4 is 10.0 Å². The lowest BCUT2D eigenvalue weighted by Crippen LogP contribution is -2.39. The van der Waals surface area contributed by atoms with Gasteiger partial charge in [-0.15, -0.1) is 0 Å². The Morgan fingerprint density at radius 2 is 1.74 bits per heavy atom. The summed E-state index contributed by atoms with van der Waals surface area (Å²) < 4.78 is 27.3. The van der Waals surface area contributed by atoms with Crippen molar-refractivity contribution in [1.82, 2.24) is 14.9 Å². The van der Waals surface area contributed by atoms with Crippen molar-refractivity contribution in [3.05, 3.63) is 65.2 Å². The van der Waals surface area contributed by atoms with Crippen LogP contribution in [0.1, 0.15) is 16.7 Å². The highest BCUT2D eigenvalue weighted by molar-refractivity contribution is 7.89. The van der Waals surface area contributed by atoms with Gasteiger partial charge >= 0.3 is 0 Å². The maximum Gasteiger partial charge on any atom is 0.240 e. The van der Waals surface area contributed by atoms with Crippen molar-refractivity contribution < 1.29 is 13.2 Å². The third kappa shape index (κ3) is 6.78. The van der Waals surface area contributed by atoms with E-state index in [1.54, 1.807) is 19.1 Å². The maximum atomic E-state index is 12.4. The molecule has 0 spiro atoms. The average molecular weight is 390 g/mol. The number of hydrogen-bond donors (Lipinski definition) is 2. The van der Waals surface area contributed by atoms with Crippen LogP contribution in [0.25, 0.3) is 0 Å². The Bertz CT molecular complexity index is 867. The summed E-state index contributed by atoms with van der Waals surface area (Å²) in [5, 5.41) is 2.74. The van der Waals surface area contributed by atoms with E-state index in [-0.39, 0.29) is 30.4 Å². The summed E-state index contributed by atoms with van der Waals surface area (Å²) in [6.45, 7) is 4.92. The van der Waals surface area contributed by atoms with E-state index in [1.165, 1.54) is 0 Å². The molecule has 2 aromatic rings. The number of aryl methyl sites for hydroxylation is 2. The molecule has 0 saturated carbocycles. The number of carbonyl (C=O) groups is 1. The van der Waals surface area contributed by atoms with Gasteiger partial charge in [-0.05, 0) is 43.7 Å². The van der Waals surface area contributed by atoms with Crippen LogP contribution in [0.2, 0.25) is 0 Å². The number of nitrogens with zero attached hydrogens (tertiary/aromatic N) is 1. The summed E-state index contributed by atoms with van der Waals surface area (Å²) in [6, 6.07) is 15.2. The zero-order valence-corrected chi connectivity index (χ0v) is 16.8. The van der Waals surface area contributed by atoms with Gasteiger partial charge in [0.15, 0.2) is 0 Å². The molecule has 7 heteroatoms. The number of hydrogen-bond acceptors (Lipinski definition) is 4. The van der Waals surface area contributed by atoms with Crippen LogP contribution in [-0.2, 0) is 21.4 Å². The van der Waals surface area contributed by atoms with E-state index in [4.69, 9.17) is 0 Å². The topological polar surface area (TPSA) is 78.5 Å². The van der Waals surface area contributed by atoms with Crippen molar-refractivity contribution in [2.45, 2.75) is 25.3 Å². The van der Waals surface area contributed by atoms with Crippen LogP contribution in [-0.4, -0.2) is 45.9 Å². The zero-order valence-electron chi connectivity index (χ0n) is 16.0. The first-order valence-corrected chi connectivity index (χ1v) is 10.3. The molecule has 27 heavy (non-hydrogen) atoms. The molecule has 0 radical (unpaired) electrons. The van der Waals surface area contributed by atoms with Gasteiger partial charge in [0.25, 0.3) is 0 Å². The van der Waals surface area contributed by atoms with Gasteiger partial charge in [0.2, 0.25) is 15.9 Å². The molecule has 0 fully saturated rings. The van der Waals surface area contributed by atoms with Crippen molar-refractivity contribution in [2.75, 3.05) is 26.7 Å². The molecule has 0 heterocycles. The number of sulfonamides is 1. The van der Waals surface area contributed by atoms with E-state index < -0.39 is 10.0 Å². The second-order valence-electron chi connectivity index (χ2n) is 6.67. The molecule has 2 aromatic carbocycles. The Labute approximate surface area is 161 Å². The normalized spacial score (nSPS) is 11.6. The lowest BCUT2D eigenvalue weighted by Gasteiger charge is -2.16. The molecule has 0 aliphatic rings. The highest BCUT2D eigenvalue weighted by Gasteiger charge is 2.16. The predicted octanol–water partition coefficient (Wildman–Crippen LogP) is 1.83. The lowest BCUT2D eigenvalue weighted by atomic mass is 10.2. The van der Waals surface area contributed by atoms with Crippen molar-refractivity contribution in [1.29, 1.82) is 0 Å². The molecular formula is C20H27N3O3S. The number of carbonyl (C=O) groups excluding carboxylic acids is 1. The number of nitrogens with one attached hydrogen (secondary N) is 2. The molecule has 2 N–H and O–H groups in total. The van der Waals surface area contributed by atoms with Crippen LogP contribution >= 0.6 is 0 Å². The van der Waals surface area contributed by atoms with Crippen molar-refractivity contribution in [2.24, 2.45) is 0 Å². The van der Waals surface area contributed by atoms with E-state index in [1.807, 2.05) is 55.3 Å². The number of benzene rings is 2. The average Bonchev–Trinajstić information content (AvgIpc) is 2.61. The van der Waals surface area contributed by atoms with Crippen molar-refractivity contribution >= 4 is 15.9 Å². The van der Waals surface area contributed by atoms with E-state index >= 15 is 0 Å². The van der Waals surface area contributed by atoms with Crippen LogP contribution in [0.5, 0.6) is 0 Å². The minimum absolute atomic E-state index is 0.139. The Kier molecular flexibility index (Phi) is 7.53. The molecule has 2 rings (SSSR count). The fraction of sp³-hybridized carbons (Fsp3) is 0.350. The summed E-state index contributed by atoms with van der Waals surface area (Å²) in [5.74, 6) is -0.139. The summed E-state index contributed by atoms with van der Waals surface area (Å²) in [5.41, 5.74) is 2.71. The molecular weight excluding hydrogens is 362 g/mol. The molecule has 1 amide bonds. The molecule has 146 valence electrons. The monoisotopic (exact) mass is 389 g/mol. The third-order valence-electron chi connectivity index (χ3n) is 4.08. The maximum absolute atomic E-state index is 12.4. The first-order valence-electron chi connectivity index (χ1n) is 8.84. The molecule has 0 saturated heterocycles. The Morgan fingerprint density at radius 3 is 2.44 bits per heavy atom. The van der Waals surface area contributed by atoms with Gasteiger partial charge in [-0.3, -0.25) is 9.69 Å². The first-order chi connectivity index (χ1) is 12.8. The third-order valence-corrected chi connectivity index (χ3v) is 5.68. The Hall–Kier alpha value is -2.22. The summed E-state index contributed by atoms with van der Waals surface area (Å²) in [6.07, 6.45) is 0. The quantitative estimate of drug-likeness (QED) is 0.642. The predicted molar refractivity (Wildman–Crippen MR) is 107 cm³/mol. The minimum atomic E-state index is -3.59. The van der Waals surface area contributed by atoms with Gasteiger partial charge in [0, 0.05) is 19.6 Å². The van der Waals surface area contributed by atoms with Crippen LogP contribution in [0, 0.1) is 13.8 Å². The second-order valence-corrected chi connectivity index (χ2v) is 8.41. The molecule has 0 aliphatic heterocycles. The standard InChI is InChI=1S/C20H27N3O3S/c1-16-9-10-17(2)19(13-16)27(25,26)22-12-11-21-20(24)15-23(3)14-18-7-5-4-6-8-18/h4-10,13,22H,11-12,14-15H2,1-3H3,(H,21,24). The Balaban J connectivity index is 1.75. The Morgan fingerprint density at radius 1 is 1.04 bits per heavy atom. The number of rotatable bonds is 9. The van der Waals surface area contributed by atoms with E-state index in [9.17, 15) is 13.2 Å². The zero-order chi connectivity index (χ0) is 19.9. The summed E-state index contributed by atoms with van der Waals surface area (Å²) in [4.78, 5) is 14.2. The smallest absolute Gasteiger partial charge is 0.240 e. The van der Waals surface area contributed by atoms with Gasteiger partial charge in [-0.25, -0.2) is 13.1 Å². The lowest BCUT2D eigenvalue weighted by molar-refractivity contribution is -0.122. The molecule has 0 atom stereocenters. The fourth-order valence-electron chi connectivity index (χ4n) is 2.71. The second kappa shape index (κ2) is 9.64. The van der Waals surface area contributed by atoms with Gasteiger partial charge in [-0.2, -0.15) is 0 Å². The number of likely N-dealkylation sites (N-methyl/N-ethyl adjacent to an activating group) is 1. The highest BCUT2D eigenvalue weighted by Crippen LogP contribution is 2.16. The van der Waals surface area contributed by atoms with E-state index in [0.717, 1.165) is 11.1 Å². The van der Waals surface area contributed by atoms with Gasteiger partial charge in [0.05, 0.1) is 11.4 Å².